The number of rotatable bonds is 5. The first-order valence-corrected chi connectivity index (χ1v) is 12.5. The van der Waals surface area contributed by atoms with Gasteiger partial charge in [-0.1, -0.05) is 26.8 Å². The molecule has 2 aromatic heterocycles. The van der Waals surface area contributed by atoms with E-state index >= 15 is 0 Å². The monoisotopic (exact) mass is 544 g/mol. The van der Waals surface area contributed by atoms with Gasteiger partial charge < -0.3 is 20.3 Å². The van der Waals surface area contributed by atoms with Crippen LogP contribution >= 0.6 is 39.5 Å². The number of anilines is 2. The fourth-order valence-corrected chi connectivity index (χ4v) is 5.55. The third-order valence-electron chi connectivity index (χ3n) is 5.38. The zero-order valence-corrected chi connectivity index (χ0v) is 22.0. The Balaban J connectivity index is 1.74. The summed E-state index contributed by atoms with van der Waals surface area (Å²) in [4.78, 5) is 20.3. The Morgan fingerprint density at radius 3 is 2.64 bits per heavy atom. The minimum atomic E-state index is -0.516. The van der Waals surface area contributed by atoms with Gasteiger partial charge in [-0.15, -0.1) is 11.3 Å². The Morgan fingerprint density at radius 1 is 1.24 bits per heavy atom. The lowest BCUT2D eigenvalue weighted by Crippen LogP contribution is -2.29. The van der Waals surface area contributed by atoms with Crippen LogP contribution < -0.4 is 20.3 Å². The normalized spacial score (nSPS) is 18.2. The third-order valence-corrected chi connectivity index (χ3v) is 7.39. The van der Waals surface area contributed by atoms with Gasteiger partial charge in [-0.05, 0) is 64.5 Å². The summed E-state index contributed by atoms with van der Waals surface area (Å²) in [5, 5.41) is 7.03. The van der Waals surface area contributed by atoms with Crippen LogP contribution in [0.5, 0.6) is 5.75 Å². The van der Waals surface area contributed by atoms with E-state index in [-0.39, 0.29) is 18.0 Å². The van der Waals surface area contributed by atoms with Crippen LogP contribution in [0.25, 0.3) is 0 Å². The number of ether oxygens (including phenoxy) is 1. The molecule has 33 heavy (non-hydrogen) atoms. The Bertz CT molecular complexity index is 1180. The van der Waals surface area contributed by atoms with E-state index in [1.54, 1.807) is 24.6 Å². The molecule has 4 rings (SSSR count). The largest absolute Gasteiger partial charge is 0.494 e. The molecule has 0 spiro atoms. The molecule has 2 unspecified atom stereocenters. The molecular formula is C24H25BrN4O2S2. The second-order valence-electron chi connectivity index (χ2n) is 8.73. The molecule has 1 fully saturated rings. The van der Waals surface area contributed by atoms with Crippen LogP contribution in [0.3, 0.4) is 0 Å². The van der Waals surface area contributed by atoms with Gasteiger partial charge >= 0.3 is 0 Å². The van der Waals surface area contributed by atoms with Crippen molar-refractivity contribution in [1.82, 2.24) is 10.3 Å². The van der Waals surface area contributed by atoms with Gasteiger partial charge in [0.15, 0.2) is 5.11 Å². The maximum Gasteiger partial charge on any atom is 0.229 e. The van der Waals surface area contributed by atoms with Crippen molar-refractivity contribution in [1.29, 1.82) is 0 Å². The Hall–Kier alpha value is -2.49. The summed E-state index contributed by atoms with van der Waals surface area (Å²) in [6.45, 7) is 5.62. The number of methoxy groups -OCH3 is 1. The first-order chi connectivity index (χ1) is 15.7. The standard InChI is InChI=1S/C24H25BrN4O2S2/c1-24(2,3)22(30)27-15-9-8-14(13-17(15)31-4)29-21(18-10-11-19(25)33-18)20(28-23(29)32)16-7-5-6-12-26-16/h5-13,20-21H,1-4H3,(H,27,30)(H,28,32). The smallest absolute Gasteiger partial charge is 0.229 e. The number of thiocarbonyl (C=S) groups is 1. The minimum absolute atomic E-state index is 0.0801. The molecule has 0 saturated carbocycles. The fraction of sp³-hybridized carbons (Fsp3) is 0.292. The van der Waals surface area contributed by atoms with Crippen molar-refractivity contribution in [3.05, 3.63) is 69.1 Å². The van der Waals surface area contributed by atoms with Gasteiger partial charge in [0.2, 0.25) is 5.91 Å². The van der Waals surface area contributed by atoms with Gasteiger partial charge in [-0.2, -0.15) is 0 Å². The fourth-order valence-electron chi connectivity index (χ4n) is 3.65. The lowest BCUT2D eigenvalue weighted by atomic mass is 9.95. The maximum atomic E-state index is 12.5. The highest BCUT2D eigenvalue weighted by Gasteiger charge is 2.41. The Morgan fingerprint density at radius 2 is 2.03 bits per heavy atom. The molecule has 6 nitrogen and oxygen atoms in total. The van der Waals surface area contributed by atoms with Gasteiger partial charge in [0.05, 0.1) is 34.4 Å². The quantitative estimate of drug-likeness (QED) is 0.379. The minimum Gasteiger partial charge on any atom is -0.494 e. The predicted molar refractivity (Wildman–Crippen MR) is 141 cm³/mol. The van der Waals surface area contributed by atoms with Crippen LogP contribution in [-0.2, 0) is 4.79 Å². The number of nitrogens with one attached hydrogen (secondary N) is 2. The average molecular weight is 546 g/mol. The van der Waals surface area contributed by atoms with E-state index in [4.69, 9.17) is 17.0 Å². The summed E-state index contributed by atoms with van der Waals surface area (Å²) in [6.07, 6.45) is 1.79. The van der Waals surface area contributed by atoms with Gasteiger partial charge in [0, 0.05) is 28.2 Å². The van der Waals surface area contributed by atoms with Crippen LogP contribution in [0.2, 0.25) is 0 Å². The van der Waals surface area contributed by atoms with Gasteiger partial charge in [-0.3, -0.25) is 9.78 Å². The highest BCUT2D eigenvalue weighted by molar-refractivity contribution is 9.11. The molecule has 0 bridgehead atoms. The predicted octanol–water partition coefficient (Wildman–Crippen LogP) is 6.08. The summed E-state index contributed by atoms with van der Waals surface area (Å²) in [6, 6.07) is 15.5. The lowest BCUT2D eigenvalue weighted by Gasteiger charge is -2.27. The SMILES string of the molecule is COc1cc(N2C(=S)NC(c3ccccn3)C2c2ccc(Br)s2)ccc1NC(=O)C(C)(C)C. The van der Waals surface area contributed by atoms with Crippen molar-refractivity contribution in [2.24, 2.45) is 5.41 Å². The highest BCUT2D eigenvalue weighted by atomic mass is 79.9. The number of halogens is 1. The number of thiophene rings is 1. The molecule has 1 amide bonds. The average Bonchev–Trinajstić information content (AvgIpc) is 3.36. The maximum absolute atomic E-state index is 12.5. The molecule has 0 radical (unpaired) electrons. The number of hydrogen-bond acceptors (Lipinski definition) is 5. The van der Waals surface area contributed by atoms with Gasteiger partial charge in [0.25, 0.3) is 0 Å². The number of aromatic nitrogens is 1. The van der Waals surface area contributed by atoms with Crippen LogP contribution in [0.1, 0.15) is 43.4 Å². The Kier molecular flexibility index (Phi) is 6.74. The number of nitrogens with zero attached hydrogens (tertiary/aromatic N) is 2. The molecule has 1 saturated heterocycles. The van der Waals surface area contributed by atoms with E-state index in [2.05, 4.69) is 42.5 Å². The van der Waals surface area contributed by atoms with Gasteiger partial charge in [-0.25, -0.2) is 0 Å². The third kappa shape index (κ3) is 4.90. The van der Waals surface area contributed by atoms with E-state index in [9.17, 15) is 4.79 Å². The number of amides is 1. The van der Waals surface area contributed by atoms with Crippen molar-refractivity contribution < 1.29 is 9.53 Å². The first kappa shape index (κ1) is 23.7. The van der Waals surface area contributed by atoms with E-state index in [0.29, 0.717) is 16.5 Å². The number of carbonyl (C=O) groups is 1. The second-order valence-corrected chi connectivity index (χ2v) is 11.6. The van der Waals surface area contributed by atoms with Crippen LogP contribution in [0.4, 0.5) is 11.4 Å². The molecule has 172 valence electrons. The molecule has 0 aliphatic carbocycles. The summed E-state index contributed by atoms with van der Waals surface area (Å²) < 4.78 is 6.68. The summed E-state index contributed by atoms with van der Waals surface area (Å²) in [5.74, 6) is 0.490. The number of pyridine rings is 1. The van der Waals surface area contributed by atoms with Crippen molar-refractivity contribution in [3.8, 4) is 5.75 Å². The van der Waals surface area contributed by atoms with Gasteiger partial charge in [0.1, 0.15) is 5.75 Å². The molecule has 2 atom stereocenters. The van der Waals surface area contributed by atoms with E-state index in [1.807, 2.05) is 63.2 Å². The zero-order valence-electron chi connectivity index (χ0n) is 18.8. The summed E-state index contributed by atoms with van der Waals surface area (Å²) >= 11 is 11.0. The summed E-state index contributed by atoms with van der Waals surface area (Å²) in [5.41, 5.74) is 1.89. The van der Waals surface area contributed by atoms with Crippen molar-refractivity contribution in [2.45, 2.75) is 32.9 Å². The molecule has 1 aromatic carbocycles. The van der Waals surface area contributed by atoms with Crippen LogP contribution in [0, 0.1) is 5.41 Å². The highest BCUT2D eigenvalue weighted by Crippen LogP contribution is 2.45. The van der Waals surface area contributed by atoms with Crippen LogP contribution in [0.15, 0.2) is 58.5 Å². The topological polar surface area (TPSA) is 66.5 Å². The second kappa shape index (κ2) is 9.40. The van der Waals surface area contributed by atoms with E-state index in [0.717, 1.165) is 20.0 Å². The Labute approximate surface area is 211 Å². The van der Waals surface area contributed by atoms with Crippen LogP contribution in [-0.4, -0.2) is 23.1 Å². The van der Waals surface area contributed by atoms with E-state index < -0.39 is 5.41 Å². The molecule has 2 N–H and O–H groups in total. The summed E-state index contributed by atoms with van der Waals surface area (Å²) in [7, 11) is 1.59. The number of hydrogen-bond donors (Lipinski definition) is 2. The zero-order chi connectivity index (χ0) is 23.8. The molecule has 3 aromatic rings. The molecule has 3 heterocycles. The van der Waals surface area contributed by atoms with Crippen molar-refractivity contribution in [3.63, 3.8) is 0 Å². The van der Waals surface area contributed by atoms with E-state index in [1.165, 1.54) is 0 Å². The molecule has 1 aliphatic rings. The molecule has 1 aliphatic heterocycles. The van der Waals surface area contributed by atoms with Crippen molar-refractivity contribution in [2.75, 3.05) is 17.3 Å². The lowest BCUT2D eigenvalue weighted by molar-refractivity contribution is -0.123. The van der Waals surface area contributed by atoms with Crippen molar-refractivity contribution >= 4 is 61.9 Å². The number of carbonyl (C=O) groups excluding carboxylic acids is 1. The first-order valence-electron chi connectivity index (χ1n) is 10.4. The number of benzene rings is 1. The molecular weight excluding hydrogens is 520 g/mol. The molecule has 9 heteroatoms.